The number of ether oxygens (including phenoxy) is 1. The van der Waals surface area contributed by atoms with Crippen LogP contribution in [0, 0.1) is 0 Å². The highest BCUT2D eigenvalue weighted by Gasteiger charge is 2.29. The summed E-state index contributed by atoms with van der Waals surface area (Å²) in [5, 5.41) is 2.54. The van der Waals surface area contributed by atoms with Crippen LogP contribution in [-0.2, 0) is 0 Å². The molecule has 0 aliphatic heterocycles. The Balaban J connectivity index is 2.68. The molecule has 0 fully saturated rings. The molecule has 1 heterocycles. The molecule has 0 saturated carbocycles. The van der Waals surface area contributed by atoms with E-state index in [-0.39, 0.29) is 11.2 Å². The molecule has 9 heteroatoms. The maximum absolute atomic E-state index is 11.9. The Morgan fingerprint density at radius 3 is 2.59 bits per heavy atom. The number of hydrogen-bond donors (Lipinski definition) is 1. The first-order valence-corrected chi connectivity index (χ1v) is 5.13. The highest BCUT2D eigenvalue weighted by molar-refractivity contribution is 6.28. The van der Waals surface area contributed by atoms with Crippen molar-refractivity contribution in [1.82, 2.24) is 15.0 Å². The lowest BCUT2D eigenvalue weighted by Crippen LogP contribution is -2.20. The van der Waals surface area contributed by atoms with Crippen LogP contribution in [0.4, 0.5) is 19.1 Å². The van der Waals surface area contributed by atoms with E-state index in [2.05, 4.69) is 25.0 Å². The molecule has 0 unspecified atom stereocenters. The summed E-state index contributed by atoms with van der Waals surface area (Å²) in [4.78, 5) is 10.7. The van der Waals surface area contributed by atoms with Crippen LogP contribution < -0.4 is 10.1 Å². The molecule has 0 aliphatic rings. The molecule has 1 aromatic rings. The van der Waals surface area contributed by atoms with Gasteiger partial charge in [-0.2, -0.15) is 28.1 Å². The van der Waals surface area contributed by atoms with Gasteiger partial charge in [0.1, 0.15) is 0 Å². The molecule has 0 atom stereocenters. The molecule has 17 heavy (non-hydrogen) atoms. The van der Waals surface area contributed by atoms with Gasteiger partial charge in [-0.3, -0.25) is 0 Å². The number of nitrogens with zero attached hydrogens (tertiary/aromatic N) is 3. The SMILES string of the molecule is CCCNc1nc(Cl)nc(OCC(F)(F)F)n1. The summed E-state index contributed by atoms with van der Waals surface area (Å²) >= 11 is 5.52. The lowest BCUT2D eigenvalue weighted by Gasteiger charge is -2.08. The summed E-state index contributed by atoms with van der Waals surface area (Å²) in [6, 6.07) is -0.457. The third kappa shape index (κ3) is 5.53. The molecule has 0 spiro atoms. The molecule has 0 amide bonds. The summed E-state index contributed by atoms with van der Waals surface area (Å²) in [6.07, 6.45) is -3.64. The number of anilines is 1. The Bertz CT molecular complexity index is 374. The third-order valence-corrected chi connectivity index (χ3v) is 1.65. The van der Waals surface area contributed by atoms with E-state index in [4.69, 9.17) is 11.6 Å². The second kappa shape index (κ2) is 5.85. The van der Waals surface area contributed by atoms with Gasteiger partial charge in [-0.15, -0.1) is 0 Å². The van der Waals surface area contributed by atoms with Gasteiger partial charge in [0.25, 0.3) is 0 Å². The molecule has 0 saturated heterocycles. The molecule has 0 aliphatic carbocycles. The minimum absolute atomic E-state index is 0.0871. The second-order valence-electron chi connectivity index (χ2n) is 3.04. The quantitative estimate of drug-likeness (QED) is 0.889. The van der Waals surface area contributed by atoms with E-state index < -0.39 is 18.8 Å². The topological polar surface area (TPSA) is 59.9 Å². The molecule has 0 bridgehead atoms. The zero-order valence-electron chi connectivity index (χ0n) is 8.88. The standard InChI is InChI=1S/C8H10ClF3N4O/c1-2-3-13-6-14-5(9)15-7(16-6)17-4-8(10,11)12/h2-4H2,1H3,(H,13,14,15,16). The van der Waals surface area contributed by atoms with Crippen LogP contribution in [0.3, 0.4) is 0 Å². The van der Waals surface area contributed by atoms with Crippen molar-refractivity contribution in [3.63, 3.8) is 0 Å². The van der Waals surface area contributed by atoms with Crippen molar-refractivity contribution in [1.29, 1.82) is 0 Å². The van der Waals surface area contributed by atoms with Crippen LogP contribution in [0.15, 0.2) is 0 Å². The van der Waals surface area contributed by atoms with Crippen LogP contribution in [0.5, 0.6) is 6.01 Å². The van der Waals surface area contributed by atoms with E-state index >= 15 is 0 Å². The Kier molecular flexibility index (Phi) is 4.73. The molecule has 1 aromatic heterocycles. The van der Waals surface area contributed by atoms with Crippen molar-refractivity contribution in [3.8, 4) is 6.01 Å². The maximum Gasteiger partial charge on any atom is 0.422 e. The van der Waals surface area contributed by atoms with Crippen molar-refractivity contribution in [2.24, 2.45) is 0 Å². The van der Waals surface area contributed by atoms with E-state index in [1.807, 2.05) is 6.92 Å². The Morgan fingerprint density at radius 1 is 1.29 bits per heavy atom. The second-order valence-corrected chi connectivity index (χ2v) is 3.38. The Labute approximate surface area is 100 Å². The number of alkyl halides is 3. The van der Waals surface area contributed by atoms with E-state index in [0.717, 1.165) is 6.42 Å². The number of halogens is 4. The molecular formula is C8H10ClF3N4O. The summed E-state index contributed by atoms with van der Waals surface area (Å²) in [5.74, 6) is 0.0871. The predicted molar refractivity (Wildman–Crippen MR) is 55.2 cm³/mol. The first kappa shape index (κ1) is 13.8. The summed E-state index contributed by atoms with van der Waals surface area (Å²) in [5.41, 5.74) is 0. The lowest BCUT2D eigenvalue weighted by molar-refractivity contribution is -0.154. The van der Waals surface area contributed by atoms with Gasteiger partial charge in [0.05, 0.1) is 0 Å². The molecule has 96 valence electrons. The number of aromatic nitrogens is 3. The monoisotopic (exact) mass is 270 g/mol. The Hall–Kier alpha value is -1.31. The van der Waals surface area contributed by atoms with Crippen molar-refractivity contribution >= 4 is 17.5 Å². The van der Waals surface area contributed by atoms with E-state index in [1.165, 1.54) is 0 Å². The van der Waals surface area contributed by atoms with E-state index in [9.17, 15) is 13.2 Å². The number of nitrogens with one attached hydrogen (secondary N) is 1. The fourth-order valence-corrected chi connectivity index (χ4v) is 1.01. The molecule has 1 rings (SSSR count). The van der Waals surface area contributed by atoms with E-state index in [1.54, 1.807) is 0 Å². The van der Waals surface area contributed by atoms with Gasteiger partial charge in [-0.1, -0.05) is 6.92 Å². The molecule has 0 aromatic carbocycles. The average molecular weight is 271 g/mol. The maximum atomic E-state index is 11.9. The van der Waals surface area contributed by atoms with Crippen LogP contribution >= 0.6 is 11.6 Å². The lowest BCUT2D eigenvalue weighted by atomic mass is 10.5. The van der Waals surface area contributed by atoms with Crippen molar-refractivity contribution in [3.05, 3.63) is 5.28 Å². The zero-order chi connectivity index (χ0) is 12.9. The van der Waals surface area contributed by atoms with Crippen LogP contribution in [-0.4, -0.2) is 34.3 Å². The van der Waals surface area contributed by atoms with Gasteiger partial charge >= 0.3 is 12.2 Å². The van der Waals surface area contributed by atoms with Gasteiger partial charge in [0, 0.05) is 6.54 Å². The van der Waals surface area contributed by atoms with Crippen molar-refractivity contribution in [2.45, 2.75) is 19.5 Å². The highest BCUT2D eigenvalue weighted by Crippen LogP contribution is 2.17. The Morgan fingerprint density at radius 2 is 2.00 bits per heavy atom. The van der Waals surface area contributed by atoms with Crippen molar-refractivity contribution < 1.29 is 17.9 Å². The van der Waals surface area contributed by atoms with Crippen LogP contribution in [0.2, 0.25) is 5.28 Å². The molecular weight excluding hydrogens is 261 g/mol. The number of hydrogen-bond acceptors (Lipinski definition) is 5. The van der Waals surface area contributed by atoms with Gasteiger partial charge in [0.2, 0.25) is 11.2 Å². The third-order valence-electron chi connectivity index (χ3n) is 1.49. The molecule has 5 nitrogen and oxygen atoms in total. The van der Waals surface area contributed by atoms with Gasteiger partial charge in [0.15, 0.2) is 6.61 Å². The normalized spacial score (nSPS) is 11.4. The van der Waals surface area contributed by atoms with Gasteiger partial charge in [-0.05, 0) is 18.0 Å². The first-order chi connectivity index (χ1) is 7.90. The summed E-state index contributed by atoms with van der Waals surface area (Å²) < 4.78 is 40.1. The largest absolute Gasteiger partial charge is 0.454 e. The fourth-order valence-electron chi connectivity index (χ4n) is 0.859. The molecule has 0 radical (unpaired) electrons. The predicted octanol–water partition coefficient (Wildman–Crippen LogP) is 2.29. The minimum atomic E-state index is -4.45. The van der Waals surface area contributed by atoms with E-state index in [0.29, 0.717) is 6.54 Å². The van der Waals surface area contributed by atoms with Gasteiger partial charge < -0.3 is 10.1 Å². The number of rotatable bonds is 5. The molecule has 1 N–H and O–H groups in total. The van der Waals surface area contributed by atoms with Crippen molar-refractivity contribution in [2.75, 3.05) is 18.5 Å². The fraction of sp³-hybridized carbons (Fsp3) is 0.625. The summed E-state index contributed by atoms with van der Waals surface area (Å²) in [7, 11) is 0. The first-order valence-electron chi connectivity index (χ1n) is 4.75. The van der Waals surface area contributed by atoms with Crippen LogP contribution in [0.25, 0.3) is 0 Å². The zero-order valence-corrected chi connectivity index (χ0v) is 9.64. The van der Waals surface area contributed by atoms with Crippen LogP contribution in [0.1, 0.15) is 13.3 Å². The summed E-state index contributed by atoms with van der Waals surface area (Å²) in [6.45, 7) is 1.01. The minimum Gasteiger partial charge on any atom is -0.454 e. The average Bonchev–Trinajstić information content (AvgIpc) is 2.22. The smallest absolute Gasteiger partial charge is 0.422 e. The highest BCUT2D eigenvalue weighted by atomic mass is 35.5. The van der Waals surface area contributed by atoms with Gasteiger partial charge in [-0.25, -0.2) is 0 Å².